The Labute approximate surface area is 54.5 Å². The highest BCUT2D eigenvalue weighted by Crippen LogP contribution is 2.50. The van der Waals surface area contributed by atoms with Gasteiger partial charge in [0.1, 0.15) is 0 Å². The minimum atomic E-state index is 0.669. The first kappa shape index (κ1) is 5.15. The van der Waals surface area contributed by atoms with Gasteiger partial charge in [0.25, 0.3) is 0 Å². The molecule has 1 heterocycles. The van der Waals surface area contributed by atoms with Gasteiger partial charge in [0.2, 0.25) is 0 Å². The van der Waals surface area contributed by atoms with E-state index in [1.165, 1.54) is 6.21 Å². The minimum Gasteiger partial charge on any atom is -0.307 e. The number of rotatable bonds is 1. The average Bonchev–Trinajstić information content (AvgIpc) is 2.41. The van der Waals surface area contributed by atoms with Crippen LogP contribution in [0.1, 0.15) is 6.92 Å². The molecule has 1 fully saturated rings. The topological polar surface area (TPSA) is 36.2 Å². The zero-order valence-electron chi connectivity index (χ0n) is 5.46. The number of nitrogens with zero attached hydrogens (tertiary/aromatic N) is 1. The van der Waals surface area contributed by atoms with Crippen LogP contribution >= 0.6 is 0 Å². The van der Waals surface area contributed by atoms with E-state index in [0.717, 1.165) is 24.1 Å². The summed E-state index contributed by atoms with van der Waals surface area (Å²) in [7, 11) is 0. The molecule has 1 unspecified atom stereocenters. The molecular formula is C7H10N2. The summed E-state index contributed by atoms with van der Waals surface area (Å²) in [6, 6.07) is 0. The molecule has 2 nitrogen and oxygen atoms in total. The molecular weight excluding hydrogens is 112 g/mol. The van der Waals surface area contributed by atoms with Gasteiger partial charge in [-0.15, -0.1) is 0 Å². The van der Waals surface area contributed by atoms with Crippen molar-refractivity contribution in [2.24, 2.45) is 22.7 Å². The van der Waals surface area contributed by atoms with E-state index in [9.17, 15) is 0 Å². The molecule has 1 N–H and O–H groups in total. The summed E-state index contributed by atoms with van der Waals surface area (Å²) in [5, 5.41) is 6.99. The number of aliphatic imine (C=N–C) groups is 1. The van der Waals surface area contributed by atoms with Crippen molar-refractivity contribution in [3.05, 3.63) is 0 Å². The van der Waals surface area contributed by atoms with Gasteiger partial charge < -0.3 is 5.41 Å². The molecule has 0 amide bonds. The fourth-order valence-electron chi connectivity index (χ4n) is 1.77. The second kappa shape index (κ2) is 1.43. The highest BCUT2D eigenvalue weighted by Gasteiger charge is 2.52. The van der Waals surface area contributed by atoms with Crippen LogP contribution in [0.5, 0.6) is 0 Å². The summed E-state index contributed by atoms with van der Waals surface area (Å²) in [5.41, 5.74) is 1.03. The Morgan fingerprint density at radius 2 is 2.56 bits per heavy atom. The van der Waals surface area contributed by atoms with Gasteiger partial charge in [-0.3, -0.25) is 4.99 Å². The monoisotopic (exact) mass is 122 g/mol. The van der Waals surface area contributed by atoms with Gasteiger partial charge in [0.05, 0.1) is 5.71 Å². The van der Waals surface area contributed by atoms with Crippen LogP contribution < -0.4 is 0 Å². The lowest BCUT2D eigenvalue weighted by molar-refractivity contribution is 0.768. The molecule has 0 spiro atoms. The Hall–Kier alpha value is -0.660. The van der Waals surface area contributed by atoms with E-state index in [1.807, 2.05) is 0 Å². The largest absolute Gasteiger partial charge is 0.307 e. The van der Waals surface area contributed by atoms with Crippen LogP contribution in [0.15, 0.2) is 4.99 Å². The Bertz CT molecular complexity index is 183. The van der Waals surface area contributed by atoms with Crippen molar-refractivity contribution in [2.45, 2.75) is 6.92 Å². The number of hydrogen-bond donors (Lipinski definition) is 1. The Morgan fingerprint density at radius 1 is 1.78 bits per heavy atom. The molecule has 9 heavy (non-hydrogen) atoms. The second-order valence-corrected chi connectivity index (χ2v) is 2.96. The molecule has 0 aromatic carbocycles. The summed E-state index contributed by atoms with van der Waals surface area (Å²) in [4.78, 5) is 4.21. The van der Waals surface area contributed by atoms with E-state index < -0.39 is 0 Å². The predicted octanol–water partition coefficient (Wildman–Crippen LogP) is 0.973. The van der Waals surface area contributed by atoms with Crippen molar-refractivity contribution in [1.29, 1.82) is 5.41 Å². The third-order valence-corrected chi connectivity index (χ3v) is 2.54. The Balaban J connectivity index is 2.19. The fourth-order valence-corrected chi connectivity index (χ4v) is 1.77. The zero-order valence-corrected chi connectivity index (χ0v) is 5.46. The summed E-state index contributed by atoms with van der Waals surface area (Å²) in [6.45, 7) is 3.23. The summed E-state index contributed by atoms with van der Waals surface area (Å²) in [5.74, 6) is 2.29. The third-order valence-electron chi connectivity index (χ3n) is 2.54. The molecule has 0 radical (unpaired) electrons. The van der Waals surface area contributed by atoms with Crippen LogP contribution in [-0.4, -0.2) is 18.5 Å². The van der Waals surface area contributed by atoms with E-state index in [4.69, 9.17) is 5.41 Å². The standard InChI is InChI=1S/C7H10N2/c1-4-5-3-9-6(2-8)7(4)5/h2,4-5,7-8H,3H2,1H3/t4?,5-,7+/m1/s1. The van der Waals surface area contributed by atoms with Crippen LogP contribution in [0.4, 0.5) is 0 Å². The number of fused-ring (bicyclic) bond motifs is 1. The predicted molar refractivity (Wildman–Crippen MR) is 37.2 cm³/mol. The third kappa shape index (κ3) is 0.506. The molecule has 1 saturated carbocycles. The van der Waals surface area contributed by atoms with Crippen molar-refractivity contribution in [2.75, 3.05) is 6.54 Å². The number of hydrogen-bond acceptors (Lipinski definition) is 2. The Morgan fingerprint density at radius 3 is 2.89 bits per heavy atom. The summed E-state index contributed by atoms with van der Waals surface area (Å²) in [6.07, 6.45) is 1.41. The summed E-state index contributed by atoms with van der Waals surface area (Å²) >= 11 is 0. The van der Waals surface area contributed by atoms with Crippen LogP contribution in [0.2, 0.25) is 0 Å². The molecule has 0 aromatic rings. The molecule has 3 atom stereocenters. The van der Waals surface area contributed by atoms with Crippen molar-refractivity contribution in [3.8, 4) is 0 Å². The van der Waals surface area contributed by atoms with Gasteiger partial charge in [0, 0.05) is 18.7 Å². The van der Waals surface area contributed by atoms with Crippen LogP contribution in [0, 0.1) is 23.2 Å². The van der Waals surface area contributed by atoms with E-state index in [1.54, 1.807) is 0 Å². The molecule has 2 heteroatoms. The molecule has 0 bridgehead atoms. The molecule has 2 aliphatic rings. The quantitative estimate of drug-likeness (QED) is 0.503. The molecule has 0 aromatic heterocycles. The van der Waals surface area contributed by atoms with Gasteiger partial charge in [-0.25, -0.2) is 0 Å². The molecule has 48 valence electrons. The van der Waals surface area contributed by atoms with E-state index >= 15 is 0 Å². The highest BCUT2D eigenvalue weighted by molar-refractivity contribution is 6.32. The van der Waals surface area contributed by atoms with Gasteiger partial charge in [-0.2, -0.15) is 0 Å². The lowest BCUT2D eigenvalue weighted by Gasteiger charge is -1.90. The van der Waals surface area contributed by atoms with Crippen LogP contribution in [0.25, 0.3) is 0 Å². The maximum Gasteiger partial charge on any atom is 0.0560 e. The molecule has 2 rings (SSSR count). The van der Waals surface area contributed by atoms with Crippen LogP contribution in [-0.2, 0) is 0 Å². The number of nitrogens with one attached hydrogen (secondary N) is 1. The highest BCUT2D eigenvalue weighted by atomic mass is 14.9. The van der Waals surface area contributed by atoms with Gasteiger partial charge in [-0.05, 0) is 11.8 Å². The van der Waals surface area contributed by atoms with E-state index in [2.05, 4.69) is 11.9 Å². The van der Waals surface area contributed by atoms with Gasteiger partial charge in [0.15, 0.2) is 0 Å². The first-order chi connectivity index (χ1) is 4.34. The van der Waals surface area contributed by atoms with Crippen LogP contribution in [0.3, 0.4) is 0 Å². The van der Waals surface area contributed by atoms with Gasteiger partial charge in [-0.1, -0.05) is 6.92 Å². The zero-order chi connectivity index (χ0) is 6.43. The lowest BCUT2D eigenvalue weighted by atomic mass is 10.2. The fraction of sp³-hybridized carbons (Fsp3) is 0.714. The first-order valence-electron chi connectivity index (χ1n) is 3.39. The van der Waals surface area contributed by atoms with Crippen molar-refractivity contribution in [3.63, 3.8) is 0 Å². The normalized spacial score (nSPS) is 45.9. The van der Waals surface area contributed by atoms with E-state index in [-0.39, 0.29) is 0 Å². The van der Waals surface area contributed by atoms with Gasteiger partial charge >= 0.3 is 0 Å². The second-order valence-electron chi connectivity index (χ2n) is 2.96. The minimum absolute atomic E-state index is 0.669. The van der Waals surface area contributed by atoms with Crippen molar-refractivity contribution >= 4 is 11.9 Å². The first-order valence-corrected chi connectivity index (χ1v) is 3.39. The van der Waals surface area contributed by atoms with E-state index in [0.29, 0.717) is 5.92 Å². The molecule has 1 aliphatic heterocycles. The maximum absolute atomic E-state index is 6.99. The smallest absolute Gasteiger partial charge is 0.0560 e. The SMILES string of the molecule is CC1[C@H]2CN=C(C=N)[C@@H]12. The summed E-state index contributed by atoms with van der Waals surface area (Å²) < 4.78 is 0. The average molecular weight is 122 g/mol. The molecule has 1 aliphatic carbocycles. The van der Waals surface area contributed by atoms with Crippen molar-refractivity contribution in [1.82, 2.24) is 0 Å². The maximum atomic E-state index is 6.99. The van der Waals surface area contributed by atoms with Crippen molar-refractivity contribution < 1.29 is 0 Å². The Kier molecular flexibility index (Phi) is 0.821. The lowest BCUT2D eigenvalue weighted by Crippen LogP contribution is -2.00. The molecule has 0 saturated heterocycles.